The number of nitrogens with two attached hydrogens (primary N) is 1. The van der Waals surface area contributed by atoms with Crippen LogP contribution in [0.4, 0.5) is 5.69 Å². The molecule has 1 aromatic carbocycles. The maximum Gasteiger partial charge on any atom is 0.241 e. The molecule has 5 nitrogen and oxygen atoms in total. The van der Waals surface area contributed by atoms with Gasteiger partial charge in [-0.1, -0.05) is 12.1 Å². The van der Waals surface area contributed by atoms with Crippen molar-refractivity contribution in [3.05, 3.63) is 35.5 Å². The zero-order valence-electron chi connectivity index (χ0n) is 11.2. The van der Waals surface area contributed by atoms with Crippen LogP contribution in [-0.2, 0) is 0 Å². The summed E-state index contributed by atoms with van der Waals surface area (Å²) in [5.41, 5.74) is 7.68. The first-order chi connectivity index (χ1) is 9.04. The number of nitriles is 1. The van der Waals surface area contributed by atoms with Gasteiger partial charge in [-0.2, -0.15) is 10.4 Å². The molecule has 0 aliphatic rings. The summed E-state index contributed by atoms with van der Waals surface area (Å²) in [6.45, 7) is 5.82. The third-order valence-electron chi connectivity index (χ3n) is 2.79. The molecule has 0 radical (unpaired) electrons. The van der Waals surface area contributed by atoms with Crippen molar-refractivity contribution in [1.29, 1.82) is 5.26 Å². The van der Waals surface area contributed by atoms with E-state index in [1.54, 1.807) is 22.9 Å². The summed E-state index contributed by atoms with van der Waals surface area (Å²) in [6.07, 6.45) is 0. The van der Waals surface area contributed by atoms with E-state index in [0.717, 1.165) is 5.69 Å². The fourth-order valence-corrected chi connectivity index (χ4v) is 1.74. The van der Waals surface area contributed by atoms with E-state index in [9.17, 15) is 0 Å². The summed E-state index contributed by atoms with van der Waals surface area (Å²) in [5.74, 6) is 0.966. The second kappa shape index (κ2) is 5.02. The highest BCUT2D eigenvalue weighted by atomic mass is 16.5. The number of nitrogen functional groups attached to an aromatic ring is 1. The van der Waals surface area contributed by atoms with Gasteiger partial charge in [0.2, 0.25) is 5.88 Å². The molecule has 0 saturated heterocycles. The molecule has 1 aromatic heterocycles. The SMILES string of the molecule is Cc1nn(C(C)C)c(Oc2ccccc2C#N)c1N. The van der Waals surface area contributed by atoms with Crippen LogP contribution in [-0.4, -0.2) is 9.78 Å². The lowest BCUT2D eigenvalue weighted by molar-refractivity contribution is 0.389. The molecule has 0 atom stereocenters. The third-order valence-corrected chi connectivity index (χ3v) is 2.79. The van der Waals surface area contributed by atoms with Crippen LogP contribution in [0, 0.1) is 18.3 Å². The van der Waals surface area contributed by atoms with E-state index < -0.39 is 0 Å². The first kappa shape index (κ1) is 13.0. The van der Waals surface area contributed by atoms with Gasteiger partial charge in [0, 0.05) is 0 Å². The molecule has 0 amide bonds. The fraction of sp³-hybridized carbons (Fsp3) is 0.286. The predicted octanol–water partition coefficient (Wildman–Crippen LogP) is 3.02. The number of aromatic nitrogens is 2. The van der Waals surface area contributed by atoms with E-state index in [-0.39, 0.29) is 6.04 Å². The summed E-state index contributed by atoms with van der Waals surface area (Å²) in [7, 11) is 0. The van der Waals surface area contributed by atoms with Crippen LogP contribution in [0.3, 0.4) is 0 Å². The molecule has 0 aliphatic heterocycles. The second-order valence-corrected chi connectivity index (χ2v) is 4.55. The highest BCUT2D eigenvalue weighted by Gasteiger charge is 2.17. The number of hydrogen-bond acceptors (Lipinski definition) is 4. The molecule has 2 rings (SSSR count). The van der Waals surface area contributed by atoms with Gasteiger partial charge in [-0.25, -0.2) is 4.68 Å². The second-order valence-electron chi connectivity index (χ2n) is 4.55. The van der Waals surface area contributed by atoms with Crippen LogP contribution in [0.25, 0.3) is 0 Å². The first-order valence-corrected chi connectivity index (χ1v) is 6.06. The summed E-state index contributed by atoms with van der Waals surface area (Å²) >= 11 is 0. The average Bonchev–Trinajstić information content (AvgIpc) is 2.68. The van der Waals surface area contributed by atoms with Crippen LogP contribution in [0.5, 0.6) is 11.6 Å². The van der Waals surface area contributed by atoms with Crippen molar-refractivity contribution in [3.63, 3.8) is 0 Å². The number of rotatable bonds is 3. The lowest BCUT2D eigenvalue weighted by Crippen LogP contribution is -2.06. The van der Waals surface area contributed by atoms with Gasteiger partial charge in [0.15, 0.2) is 0 Å². The Labute approximate surface area is 112 Å². The van der Waals surface area contributed by atoms with Gasteiger partial charge in [-0.05, 0) is 32.9 Å². The molecule has 0 fully saturated rings. The lowest BCUT2D eigenvalue weighted by Gasteiger charge is -2.12. The van der Waals surface area contributed by atoms with E-state index in [0.29, 0.717) is 22.9 Å². The standard InChI is InChI=1S/C14H16N4O/c1-9(2)18-14(13(16)10(3)17-18)19-12-7-5-4-6-11(12)8-15/h4-7,9H,16H2,1-3H3. The Bertz CT molecular complexity index is 637. The third kappa shape index (κ3) is 2.38. The number of para-hydroxylation sites is 1. The van der Waals surface area contributed by atoms with Crippen LogP contribution >= 0.6 is 0 Å². The van der Waals surface area contributed by atoms with Crippen molar-refractivity contribution in [1.82, 2.24) is 9.78 Å². The van der Waals surface area contributed by atoms with Gasteiger partial charge in [0.25, 0.3) is 0 Å². The highest BCUT2D eigenvalue weighted by Crippen LogP contribution is 2.33. The van der Waals surface area contributed by atoms with Gasteiger partial charge < -0.3 is 10.5 Å². The monoisotopic (exact) mass is 256 g/mol. The zero-order chi connectivity index (χ0) is 14.0. The molecule has 19 heavy (non-hydrogen) atoms. The Morgan fingerprint density at radius 1 is 1.37 bits per heavy atom. The van der Waals surface area contributed by atoms with Crippen LogP contribution in [0.15, 0.2) is 24.3 Å². The van der Waals surface area contributed by atoms with E-state index >= 15 is 0 Å². The minimum atomic E-state index is 0.125. The molecule has 2 N–H and O–H groups in total. The highest BCUT2D eigenvalue weighted by molar-refractivity contribution is 5.55. The van der Waals surface area contributed by atoms with E-state index in [1.807, 2.05) is 26.8 Å². The van der Waals surface area contributed by atoms with Crippen LogP contribution in [0.1, 0.15) is 31.1 Å². The normalized spacial score (nSPS) is 10.5. The molecule has 5 heteroatoms. The Balaban J connectivity index is 2.47. The summed E-state index contributed by atoms with van der Waals surface area (Å²) in [5, 5.41) is 13.4. The Hall–Kier alpha value is -2.48. The number of anilines is 1. The van der Waals surface area contributed by atoms with Crippen molar-refractivity contribution in [3.8, 4) is 17.7 Å². The minimum Gasteiger partial charge on any atom is -0.436 e. The van der Waals surface area contributed by atoms with Gasteiger partial charge in [-0.3, -0.25) is 0 Å². The van der Waals surface area contributed by atoms with Crippen LogP contribution < -0.4 is 10.5 Å². The van der Waals surface area contributed by atoms with Crippen molar-refractivity contribution >= 4 is 5.69 Å². The molecular weight excluding hydrogens is 240 g/mol. The quantitative estimate of drug-likeness (QED) is 0.915. The number of benzene rings is 1. The summed E-state index contributed by atoms with van der Waals surface area (Å²) < 4.78 is 7.52. The van der Waals surface area contributed by atoms with E-state index in [4.69, 9.17) is 15.7 Å². The van der Waals surface area contributed by atoms with E-state index in [1.165, 1.54) is 0 Å². The molecule has 0 bridgehead atoms. The van der Waals surface area contributed by atoms with Crippen molar-refractivity contribution in [2.75, 3.05) is 5.73 Å². The molecule has 0 saturated carbocycles. The fourth-order valence-electron chi connectivity index (χ4n) is 1.74. The van der Waals surface area contributed by atoms with Gasteiger partial charge in [0.05, 0.1) is 17.3 Å². The Kier molecular flexibility index (Phi) is 3.43. The molecule has 0 unspecified atom stereocenters. The van der Waals surface area contributed by atoms with E-state index in [2.05, 4.69) is 11.2 Å². The average molecular weight is 256 g/mol. The topological polar surface area (TPSA) is 76.9 Å². The summed E-state index contributed by atoms with van der Waals surface area (Å²) in [4.78, 5) is 0. The number of hydrogen-bond donors (Lipinski definition) is 1. The zero-order valence-corrected chi connectivity index (χ0v) is 11.2. The van der Waals surface area contributed by atoms with Crippen molar-refractivity contribution in [2.45, 2.75) is 26.8 Å². The minimum absolute atomic E-state index is 0.125. The smallest absolute Gasteiger partial charge is 0.241 e. The Morgan fingerprint density at radius 3 is 2.68 bits per heavy atom. The maximum absolute atomic E-state index is 9.07. The maximum atomic E-state index is 9.07. The Morgan fingerprint density at radius 2 is 2.05 bits per heavy atom. The molecular formula is C14H16N4O. The first-order valence-electron chi connectivity index (χ1n) is 6.06. The number of ether oxygens (including phenoxy) is 1. The molecule has 98 valence electrons. The number of nitrogens with zero attached hydrogens (tertiary/aromatic N) is 3. The summed E-state index contributed by atoms with van der Waals surface area (Å²) in [6, 6.07) is 9.27. The molecule has 2 aromatic rings. The molecule has 0 spiro atoms. The van der Waals surface area contributed by atoms with Gasteiger partial charge in [-0.15, -0.1) is 0 Å². The molecule has 0 aliphatic carbocycles. The van der Waals surface area contributed by atoms with Crippen molar-refractivity contribution in [2.24, 2.45) is 0 Å². The van der Waals surface area contributed by atoms with Gasteiger partial charge >= 0.3 is 0 Å². The molecule has 1 heterocycles. The predicted molar refractivity (Wildman–Crippen MR) is 73.0 cm³/mol. The van der Waals surface area contributed by atoms with Crippen molar-refractivity contribution < 1.29 is 4.74 Å². The van der Waals surface area contributed by atoms with Crippen LogP contribution in [0.2, 0.25) is 0 Å². The van der Waals surface area contributed by atoms with Gasteiger partial charge in [0.1, 0.15) is 17.5 Å². The lowest BCUT2D eigenvalue weighted by atomic mass is 10.2. The largest absolute Gasteiger partial charge is 0.436 e. The number of aryl methyl sites for hydroxylation is 1.